The number of hydrogen-bond donors (Lipinski definition) is 4. The lowest BCUT2D eigenvalue weighted by Gasteiger charge is -2.10. The lowest BCUT2D eigenvalue weighted by molar-refractivity contribution is 0.254. The summed E-state index contributed by atoms with van der Waals surface area (Å²) in [6, 6.07) is 9.74. The maximum absolute atomic E-state index is 11.6. The number of amides is 2. The molecule has 0 saturated carbocycles. The summed E-state index contributed by atoms with van der Waals surface area (Å²) in [5.74, 6) is 0.378. The summed E-state index contributed by atoms with van der Waals surface area (Å²) >= 11 is 5.81. The molecule has 1 aromatic heterocycles. The highest BCUT2D eigenvalue weighted by Gasteiger charge is 2.03. The summed E-state index contributed by atoms with van der Waals surface area (Å²) in [5.41, 5.74) is 11.7. The summed E-state index contributed by atoms with van der Waals surface area (Å²) in [6.07, 6.45) is 1.56. The zero-order valence-corrected chi connectivity index (χ0v) is 10.6. The van der Waals surface area contributed by atoms with E-state index in [0.29, 0.717) is 22.2 Å². The van der Waals surface area contributed by atoms with E-state index in [4.69, 9.17) is 17.3 Å². The molecule has 1 heterocycles. The highest BCUT2D eigenvalue weighted by Crippen LogP contribution is 2.15. The fourth-order valence-corrected chi connectivity index (χ4v) is 1.56. The number of hydrazine groups is 1. The third-order valence-corrected chi connectivity index (χ3v) is 2.45. The molecule has 0 atom stereocenters. The molecule has 0 bridgehead atoms. The van der Waals surface area contributed by atoms with Gasteiger partial charge in [0.15, 0.2) is 5.82 Å². The number of anilines is 3. The number of rotatable bonds is 3. The van der Waals surface area contributed by atoms with E-state index in [1.807, 2.05) is 0 Å². The topological polar surface area (TPSA) is 92.1 Å². The summed E-state index contributed by atoms with van der Waals surface area (Å²) in [7, 11) is 0. The van der Waals surface area contributed by atoms with Crippen LogP contribution in [0.2, 0.25) is 5.02 Å². The van der Waals surface area contributed by atoms with Crippen LogP contribution in [0.1, 0.15) is 0 Å². The van der Waals surface area contributed by atoms with Crippen LogP contribution in [-0.2, 0) is 0 Å². The molecule has 0 saturated heterocycles. The lowest BCUT2D eigenvalue weighted by Crippen LogP contribution is -2.34. The molecule has 7 heteroatoms. The van der Waals surface area contributed by atoms with Crippen molar-refractivity contribution in [1.82, 2.24) is 10.4 Å². The van der Waals surface area contributed by atoms with Crippen LogP contribution in [0.5, 0.6) is 0 Å². The van der Waals surface area contributed by atoms with Crippen LogP contribution in [0, 0.1) is 0 Å². The summed E-state index contributed by atoms with van der Waals surface area (Å²) < 4.78 is 0. The predicted octanol–water partition coefficient (Wildman–Crippen LogP) is 2.47. The highest BCUT2D eigenvalue weighted by atomic mass is 35.5. The number of benzene rings is 1. The lowest BCUT2D eigenvalue weighted by atomic mass is 10.3. The number of aromatic nitrogens is 1. The van der Waals surface area contributed by atoms with E-state index >= 15 is 0 Å². The van der Waals surface area contributed by atoms with Crippen LogP contribution in [0.4, 0.5) is 22.0 Å². The third-order valence-electron chi connectivity index (χ3n) is 2.22. The van der Waals surface area contributed by atoms with Crippen molar-refractivity contribution in [2.75, 3.05) is 16.5 Å². The largest absolute Gasteiger partial charge is 0.396 e. The highest BCUT2D eigenvalue weighted by molar-refractivity contribution is 6.30. The summed E-state index contributed by atoms with van der Waals surface area (Å²) in [6.45, 7) is 0. The van der Waals surface area contributed by atoms with Crippen LogP contribution in [0.25, 0.3) is 0 Å². The first kappa shape index (κ1) is 13.0. The minimum atomic E-state index is -0.452. The quantitative estimate of drug-likeness (QED) is 0.649. The SMILES string of the molecule is Nc1cccnc1NNC(=O)Nc1cccc(Cl)c1. The van der Waals surface area contributed by atoms with Gasteiger partial charge in [0, 0.05) is 16.9 Å². The number of carbonyl (C=O) groups is 1. The molecule has 2 rings (SSSR count). The number of nitrogens with two attached hydrogens (primary N) is 1. The van der Waals surface area contributed by atoms with Gasteiger partial charge in [0.1, 0.15) is 0 Å². The molecule has 0 aliphatic carbocycles. The smallest absolute Gasteiger partial charge is 0.337 e. The Morgan fingerprint density at radius 1 is 1.26 bits per heavy atom. The molecule has 0 unspecified atom stereocenters. The standard InChI is InChI=1S/C12H12ClN5O/c13-8-3-1-4-9(7-8)16-12(19)18-17-11-10(14)5-2-6-15-11/h1-7H,14H2,(H,15,17)(H2,16,18,19). The number of nitrogens with zero attached hydrogens (tertiary/aromatic N) is 1. The molecule has 2 aromatic rings. The molecule has 0 fully saturated rings. The Hall–Kier alpha value is -2.47. The zero-order chi connectivity index (χ0) is 13.7. The van der Waals surface area contributed by atoms with Gasteiger partial charge in [0.05, 0.1) is 5.69 Å². The van der Waals surface area contributed by atoms with Crippen molar-refractivity contribution in [3.05, 3.63) is 47.6 Å². The number of halogens is 1. The summed E-state index contributed by atoms with van der Waals surface area (Å²) in [4.78, 5) is 15.6. The van der Waals surface area contributed by atoms with Crippen LogP contribution in [0.15, 0.2) is 42.6 Å². The van der Waals surface area contributed by atoms with E-state index in [0.717, 1.165) is 0 Å². The first-order valence-corrected chi connectivity index (χ1v) is 5.82. The van der Waals surface area contributed by atoms with Gasteiger partial charge in [-0.1, -0.05) is 17.7 Å². The fraction of sp³-hybridized carbons (Fsp3) is 0. The van der Waals surface area contributed by atoms with Gasteiger partial charge >= 0.3 is 6.03 Å². The third kappa shape index (κ3) is 3.75. The molecule has 0 aliphatic heterocycles. The van der Waals surface area contributed by atoms with E-state index in [2.05, 4.69) is 21.2 Å². The number of nitrogens with one attached hydrogen (secondary N) is 3. The van der Waals surface area contributed by atoms with Crippen molar-refractivity contribution in [1.29, 1.82) is 0 Å². The van der Waals surface area contributed by atoms with Gasteiger partial charge in [-0.05, 0) is 30.3 Å². The molecule has 2 amide bonds. The molecule has 98 valence electrons. The van der Waals surface area contributed by atoms with E-state index in [9.17, 15) is 4.79 Å². The van der Waals surface area contributed by atoms with Crippen LogP contribution < -0.4 is 21.9 Å². The molecule has 0 spiro atoms. The Bertz CT molecular complexity index is 590. The number of hydrogen-bond acceptors (Lipinski definition) is 4. The van der Waals surface area contributed by atoms with E-state index in [1.165, 1.54) is 0 Å². The minimum absolute atomic E-state index is 0.378. The Labute approximate surface area is 114 Å². The molecule has 0 radical (unpaired) electrons. The molecular weight excluding hydrogens is 266 g/mol. The van der Waals surface area contributed by atoms with Gasteiger partial charge in [-0.25, -0.2) is 15.2 Å². The molecular formula is C12H12ClN5O. The maximum Gasteiger partial charge on any atom is 0.337 e. The van der Waals surface area contributed by atoms with Crippen molar-refractivity contribution in [3.63, 3.8) is 0 Å². The second kappa shape index (κ2) is 5.92. The first-order valence-electron chi connectivity index (χ1n) is 5.44. The van der Waals surface area contributed by atoms with E-state index in [1.54, 1.807) is 42.6 Å². The Kier molecular flexibility index (Phi) is 4.04. The Balaban J connectivity index is 1.90. The monoisotopic (exact) mass is 277 g/mol. The summed E-state index contributed by atoms with van der Waals surface area (Å²) in [5, 5.41) is 3.15. The van der Waals surface area contributed by atoms with Crippen molar-refractivity contribution >= 4 is 34.8 Å². The normalized spacial score (nSPS) is 9.74. The van der Waals surface area contributed by atoms with Gasteiger partial charge in [0.25, 0.3) is 0 Å². The Morgan fingerprint density at radius 3 is 2.84 bits per heavy atom. The van der Waals surface area contributed by atoms with Crippen molar-refractivity contribution in [3.8, 4) is 0 Å². The van der Waals surface area contributed by atoms with Crippen LogP contribution in [0.3, 0.4) is 0 Å². The van der Waals surface area contributed by atoms with Crippen LogP contribution in [-0.4, -0.2) is 11.0 Å². The van der Waals surface area contributed by atoms with E-state index < -0.39 is 6.03 Å². The average Bonchev–Trinajstić information content (AvgIpc) is 2.38. The average molecular weight is 278 g/mol. The van der Waals surface area contributed by atoms with Crippen LogP contribution >= 0.6 is 11.6 Å². The second-order valence-corrected chi connectivity index (χ2v) is 4.09. The minimum Gasteiger partial charge on any atom is -0.396 e. The molecule has 0 aliphatic rings. The van der Waals surface area contributed by atoms with Crippen molar-refractivity contribution < 1.29 is 4.79 Å². The first-order chi connectivity index (χ1) is 9.15. The van der Waals surface area contributed by atoms with Gasteiger partial charge in [-0.15, -0.1) is 0 Å². The molecule has 1 aromatic carbocycles. The Morgan fingerprint density at radius 2 is 2.11 bits per heavy atom. The zero-order valence-electron chi connectivity index (χ0n) is 9.85. The maximum atomic E-state index is 11.6. The fourth-order valence-electron chi connectivity index (χ4n) is 1.37. The van der Waals surface area contributed by atoms with Gasteiger partial charge in [0.2, 0.25) is 0 Å². The molecule has 5 N–H and O–H groups in total. The van der Waals surface area contributed by atoms with E-state index in [-0.39, 0.29) is 0 Å². The second-order valence-electron chi connectivity index (χ2n) is 3.66. The van der Waals surface area contributed by atoms with Crippen molar-refractivity contribution in [2.45, 2.75) is 0 Å². The van der Waals surface area contributed by atoms with Gasteiger partial charge in [-0.2, -0.15) is 0 Å². The molecule has 19 heavy (non-hydrogen) atoms. The van der Waals surface area contributed by atoms with Gasteiger partial charge < -0.3 is 11.1 Å². The predicted molar refractivity (Wildman–Crippen MR) is 75.9 cm³/mol. The molecule has 6 nitrogen and oxygen atoms in total. The number of urea groups is 1. The van der Waals surface area contributed by atoms with Gasteiger partial charge in [-0.3, -0.25) is 5.43 Å². The van der Waals surface area contributed by atoms with Crippen molar-refractivity contribution in [2.24, 2.45) is 0 Å². The number of pyridine rings is 1. The number of carbonyl (C=O) groups excluding carboxylic acids is 1. The number of nitrogen functional groups attached to an aromatic ring is 1.